The second-order valence-corrected chi connectivity index (χ2v) is 7.42. The number of pyridine rings is 1. The van der Waals surface area contributed by atoms with E-state index in [4.69, 9.17) is 16.3 Å². The van der Waals surface area contributed by atoms with Gasteiger partial charge in [0.15, 0.2) is 0 Å². The highest BCUT2D eigenvalue weighted by molar-refractivity contribution is 6.31. The van der Waals surface area contributed by atoms with Gasteiger partial charge >= 0.3 is 0 Å². The molecule has 6 nitrogen and oxygen atoms in total. The number of hydrogen-bond acceptors (Lipinski definition) is 5. The number of aromatic nitrogens is 3. The molecule has 2 aromatic heterocycles. The van der Waals surface area contributed by atoms with Gasteiger partial charge in [0.2, 0.25) is 0 Å². The summed E-state index contributed by atoms with van der Waals surface area (Å²) >= 11 is 6.24. The maximum absolute atomic E-state index is 12.7. The minimum atomic E-state index is -0.263. The second-order valence-electron chi connectivity index (χ2n) is 7.01. The minimum Gasteiger partial charge on any atom is -0.368 e. The Bertz CT molecular complexity index is 992. The van der Waals surface area contributed by atoms with Gasteiger partial charge < -0.3 is 9.64 Å². The predicted molar refractivity (Wildman–Crippen MR) is 110 cm³/mol. The van der Waals surface area contributed by atoms with Gasteiger partial charge in [0.05, 0.1) is 30.7 Å². The Hall–Kier alpha value is -2.83. The van der Waals surface area contributed by atoms with E-state index in [0.717, 1.165) is 34.0 Å². The van der Waals surface area contributed by atoms with Crippen molar-refractivity contribution < 1.29 is 9.53 Å². The molecule has 0 bridgehead atoms. The van der Waals surface area contributed by atoms with E-state index in [9.17, 15) is 4.79 Å². The van der Waals surface area contributed by atoms with Crippen LogP contribution in [0.5, 0.6) is 0 Å². The van der Waals surface area contributed by atoms with Gasteiger partial charge in [-0.05, 0) is 30.2 Å². The first-order valence-corrected chi connectivity index (χ1v) is 9.86. The number of halogens is 1. The van der Waals surface area contributed by atoms with E-state index in [1.165, 1.54) is 6.20 Å². The lowest BCUT2D eigenvalue weighted by atomic mass is 10.1. The zero-order valence-electron chi connectivity index (χ0n) is 16.1. The zero-order valence-corrected chi connectivity index (χ0v) is 16.8. The van der Waals surface area contributed by atoms with Crippen LogP contribution >= 0.6 is 11.6 Å². The summed E-state index contributed by atoms with van der Waals surface area (Å²) in [6.45, 7) is 3.26. The van der Waals surface area contributed by atoms with Crippen molar-refractivity contribution in [2.75, 3.05) is 19.7 Å². The van der Waals surface area contributed by atoms with Crippen molar-refractivity contribution in [3.8, 4) is 0 Å². The summed E-state index contributed by atoms with van der Waals surface area (Å²) in [5, 5.41) is 0.751. The fourth-order valence-electron chi connectivity index (χ4n) is 3.27. The molecule has 0 radical (unpaired) electrons. The molecule has 1 amide bonds. The monoisotopic (exact) mass is 408 g/mol. The number of hydrogen-bond donors (Lipinski definition) is 0. The Morgan fingerprint density at radius 2 is 2.00 bits per heavy atom. The number of carbonyl (C=O) groups excluding carboxylic acids is 1. The van der Waals surface area contributed by atoms with E-state index in [0.29, 0.717) is 25.4 Å². The lowest BCUT2D eigenvalue weighted by Gasteiger charge is -2.32. The molecule has 7 heteroatoms. The summed E-state index contributed by atoms with van der Waals surface area (Å²) < 4.78 is 5.86. The first kappa shape index (κ1) is 19.5. The predicted octanol–water partition coefficient (Wildman–Crippen LogP) is 3.64. The summed E-state index contributed by atoms with van der Waals surface area (Å²) in [6, 6.07) is 11.8. The van der Waals surface area contributed by atoms with Crippen molar-refractivity contribution in [2.45, 2.75) is 19.4 Å². The van der Waals surface area contributed by atoms with E-state index < -0.39 is 0 Å². The summed E-state index contributed by atoms with van der Waals surface area (Å²) in [5.41, 5.74) is 4.07. The topological polar surface area (TPSA) is 68.2 Å². The third-order valence-electron chi connectivity index (χ3n) is 4.88. The molecule has 0 aliphatic carbocycles. The van der Waals surface area contributed by atoms with Crippen molar-refractivity contribution in [3.63, 3.8) is 0 Å². The van der Waals surface area contributed by atoms with Crippen LogP contribution in [0.15, 0.2) is 55.0 Å². The van der Waals surface area contributed by atoms with Gasteiger partial charge in [0.25, 0.3) is 5.91 Å². The van der Waals surface area contributed by atoms with Crippen molar-refractivity contribution in [3.05, 3.63) is 88.2 Å². The van der Waals surface area contributed by atoms with Gasteiger partial charge in [-0.2, -0.15) is 0 Å². The number of benzene rings is 1. The van der Waals surface area contributed by atoms with E-state index in [1.54, 1.807) is 11.1 Å². The van der Waals surface area contributed by atoms with Crippen LogP contribution in [0, 0.1) is 6.92 Å². The molecular formula is C22H21ClN4O2. The Kier molecular flexibility index (Phi) is 5.83. The van der Waals surface area contributed by atoms with Gasteiger partial charge in [-0.25, -0.2) is 4.98 Å². The van der Waals surface area contributed by atoms with Gasteiger partial charge in [-0.15, -0.1) is 0 Å². The molecular weight excluding hydrogens is 388 g/mol. The number of aryl methyl sites for hydroxylation is 1. The Labute approximate surface area is 174 Å². The van der Waals surface area contributed by atoms with Crippen LogP contribution < -0.4 is 0 Å². The molecule has 1 aliphatic rings. The molecule has 3 aromatic rings. The van der Waals surface area contributed by atoms with Crippen LogP contribution in [-0.4, -0.2) is 45.5 Å². The Morgan fingerprint density at radius 1 is 1.14 bits per heavy atom. The molecule has 1 aromatic carbocycles. The molecule has 1 aliphatic heterocycles. The minimum absolute atomic E-state index is 0.138. The van der Waals surface area contributed by atoms with Crippen LogP contribution in [0.2, 0.25) is 5.02 Å². The second kappa shape index (κ2) is 8.68. The van der Waals surface area contributed by atoms with Crippen LogP contribution in [0.1, 0.15) is 39.1 Å². The number of morpholine rings is 1. The van der Waals surface area contributed by atoms with Crippen molar-refractivity contribution in [1.82, 2.24) is 19.9 Å². The van der Waals surface area contributed by atoms with Crippen molar-refractivity contribution >= 4 is 17.5 Å². The third-order valence-corrected chi connectivity index (χ3v) is 5.25. The third kappa shape index (κ3) is 4.60. The highest BCUT2D eigenvalue weighted by atomic mass is 35.5. The Morgan fingerprint density at radius 3 is 2.72 bits per heavy atom. The lowest BCUT2D eigenvalue weighted by Crippen LogP contribution is -2.42. The van der Waals surface area contributed by atoms with Crippen molar-refractivity contribution in [2.24, 2.45) is 0 Å². The van der Waals surface area contributed by atoms with E-state index in [-0.39, 0.29) is 12.0 Å². The van der Waals surface area contributed by atoms with E-state index in [2.05, 4.69) is 15.0 Å². The standard InChI is InChI=1S/C22H21ClN4O2/c1-15-11-25-20(13-24-15)22(28)27-8-9-29-21(14-27)19-7-6-16(12-26-19)10-17-4-2-3-5-18(17)23/h2-7,11-13,21H,8-10,14H2,1H3. The molecule has 1 unspecified atom stereocenters. The summed E-state index contributed by atoms with van der Waals surface area (Å²) in [6.07, 6.45) is 5.41. The molecule has 0 saturated carbocycles. The van der Waals surface area contributed by atoms with Crippen LogP contribution in [0.3, 0.4) is 0 Å². The number of ether oxygens (including phenoxy) is 1. The molecule has 29 heavy (non-hydrogen) atoms. The summed E-state index contributed by atoms with van der Waals surface area (Å²) in [4.78, 5) is 27.4. The SMILES string of the molecule is Cc1cnc(C(=O)N2CCOC(c3ccc(Cc4ccccc4Cl)cn3)C2)cn1. The molecule has 4 rings (SSSR count). The van der Waals surface area contributed by atoms with Gasteiger partial charge in [-0.3, -0.25) is 14.8 Å². The molecule has 1 saturated heterocycles. The van der Waals surface area contributed by atoms with Crippen LogP contribution in [0.25, 0.3) is 0 Å². The molecule has 0 N–H and O–H groups in total. The number of amides is 1. The number of carbonyl (C=O) groups is 1. The van der Waals surface area contributed by atoms with E-state index in [1.807, 2.05) is 49.5 Å². The fourth-order valence-corrected chi connectivity index (χ4v) is 3.47. The lowest BCUT2D eigenvalue weighted by molar-refractivity contribution is -0.0249. The maximum Gasteiger partial charge on any atom is 0.274 e. The molecule has 148 valence electrons. The van der Waals surface area contributed by atoms with Gasteiger partial charge in [-0.1, -0.05) is 35.9 Å². The van der Waals surface area contributed by atoms with Gasteiger partial charge in [0, 0.05) is 30.4 Å². The van der Waals surface area contributed by atoms with Crippen LogP contribution in [-0.2, 0) is 11.2 Å². The molecule has 1 atom stereocenters. The first-order valence-electron chi connectivity index (χ1n) is 9.48. The first-order chi connectivity index (χ1) is 14.1. The Balaban J connectivity index is 1.43. The fraction of sp³-hybridized carbons (Fsp3) is 0.273. The summed E-state index contributed by atoms with van der Waals surface area (Å²) in [5.74, 6) is -0.138. The average molecular weight is 409 g/mol. The zero-order chi connectivity index (χ0) is 20.2. The molecule has 1 fully saturated rings. The number of rotatable bonds is 4. The van der Waals surface area contributed by atoms with E-state index >= 15 is 0 Å². The smallest absolute Gasteiger partial charge is 0.274 e. The molecule has 0 spiro atoms. The normalized spacial score (nSPS) is 16.6. The maximum atomic E-state index is 12.7. The van der Waals surface area contributed by atoms with Crippen LogP contribution in [0.4, 0.5) is 0 Å². The highest BCUT2D eigenvalue weighted by Crippen LogP contribution is 2.23. The number of nitrogens with zero attached hydrogens (tertiary/aromatic N) is 4. The largest absolute Gasteiger partial charge is 0.368 e. The van der Waals surface area contributed by atoms with Gasteiger partial charge in [0.1, 0.15) is 11.8 Å². The van der Waals surface area contributed by atoms with Crippen molar-refractivity contribution in [1.29, 1.82) is 0 Å². The average Bonchev–Trinajstić information content (AvgIpc) is 2.76. The summed E-state index contributed by atoms with van der Waals surface area (Å²) in [7, 11) is 0. The highest BCUT2D eigenvalue weighted by Gasteiger charge is 2.27. The quantitative estimate of drug-likeness (QED) is 0.659. The molecule has 3 heterocycles.